The number of carboxylic acids is 1. The molecule has 21 heavy (non-hydrogen) atoms. The van der Waals surface area contributed by atoms with Gasteiger partial charge in [0.15, 0.2) is 0 Å². The molecule has 0 saturated heterocycles. The number of carbonyl (C=O) groups is 1. The predicted molar refractivity (Wildman–Crippen MR) is 82.0 cm³/mol. The van der Waals surface area contributed by atoms with Crippen LogP contribution in [0.5, 0.6) is 0 Å². The van der Waals surface area contributed by atoms with Crippen LogP contribution in [0.25, 0.3) is 0 Å². The summed E-state index contributed by atoms with van der Waals surface area (Å²) in [5, 5.41) is 9.68. The van der Waals surface area contributed by atoms with E-state index in [1.807, 2.05) is 43.1 Å². The molecule has 1 heterocycles. The Bertz CT molecular complexity index is 676. The van der Waals surface area contributed by atoms with Crippen LogP contribution in [0.4, 0.5) is 5.95 Å². The molecule has 2 aromatic rings. The minimum Gasteiger partial charge on any atom is -0.478 e. The maximum Gasteiger partial charge on any atom is 0.339 e. The van der Waals surface area contributed by atoms with E-state index in [4.69, 9.17) is 16.7 Å². The van der Waals surface area contributed by atoms with E-state index < -0.39 is 5.97 Å². The molecule has 1 unspecified atom stereocenters. The number of hydrogen-bond acceptors (Lipinski definition) is 4. The number of aromatic nitrogens is 2. The molecule has 0 aliphatic heterocycles. The summed E-state index contributed by atoms with van der Waals surface area (Å²) in [7, 11) is 1.86. The van der Waals surface area contributed by atoms with Crippen LogP contribution in [0, 0.1) is 6.92 Å². The Kier molecular flexibility index (Phi) is 4.43. The number of anilines is 1. The molecule has 110 valence electrons. The summed E-state index contributed by atoms with van der Waals surface area (Å²) in [6, 6.07) is 7.59. The van der Waals surface area contributed by atoms with Gasteiger partial charge in [0.2, 0.25) is 5.95 Å². The summed E-state index contributed by atoms with van der Waals surface area (Å²) in [6.07, 6.45) is 1.33. The van der Waals surface area contributed by atoms with E-state index >= 15 is 0 Å². The number of nitrogens with zero attached hydrogens (tertiary/aromatic N) is 3. The third-order valence-electron chi connectivity index (χ3n) is 3.42. The second-order valence-electron chi connectivity index (χ2n) is 4.82. The van der Waals surface area contributed by atoms with Gasteiger partial charge in [-0.25, -0.2) is 14.8 Å². The lowest BCUT2D eigenvalue weighted by atomic mass is 10.1. The fraction of sp³-hybridized carbons (Fsp3) is 0.267. The Labute approximate surface area is 128 Å². The summed E-state index contributed by atoms with van der Waals surface area (Å²) in [5.41, 5.74) is 1.59. The first kappa shape index (κ1) is 15.3. The fourth-order valence-corrected chi connectivity index (χ4v) is 2.20. The van der Waals surface area contributed by atoms with Gasteiger partial charge in [-0.3, -0.25) is 0 Å². The summed E-state index contributed by atoms with van der Waals surface area (Å²) in [5.74, 6) is -0.547. The molecule has 6 heteroatoms. The number of aromatic carboxylic acids is 1. The molecule has 5 nitrogen and oxygen atoms in total. The smallest absolute Gasteiger partial charge is 0.339 e. The highest BCUT2D eigenvalue weighted by Gasteiger charge is 2.17. The van der Waals surface area contributed by atoms with Gasteiger partial charge in [-0.2, -0.15) is 0 Å². The Morgan fingerprint density at radius 1 is 1.43 bits per heavy atom. The average Bonchev–Trinajstić information content (AvgIpc) is 2.45. The van der Waals surface area contributed by atoms with Crippen molar-refractivity contribution in [3.63, 3.8) is 0 Å². The maximum absolute atomic E-state index is 11.0. The van der Waals surface area contributed by atoms with Crippen molar-refractivity contribution in [3.05, 3.63) is 52.3 Å². The highest BCUT2D eigenvalue weighted by atomic mass is 35.5. The van der Waals surface area contributed by atoms with Gasteiger partial charge in [0.1, 0.15) is 0 Å². The SMILES string of the molecule is Cc1nc(N(C)C(C)c2cccc(Cl)c2)ncc1C(=O)O. The standard InChI is InChI=1S/C15H16ClN3O2/c1-9-13(14(20)21)8-17-15(18-9)19(3)10(2)11-5-4-6-12(16)7-11/h4-8,10H,1-3H3,(H,20,21). The van der Waals surface area contributed by atoms with Crippen molar-refractivity contribution in [2.45, 2.75) is 19.9 Å². The lowest BCUT2D eigenvalue weighted by Gasteiger charge is -2.25. The summed E-state index contributed by atoms with van der Waals surface area (Å²) >= 11 is 6.01. The number of aryl methyl sites for hydroxylation is 1. The molecule has 0 radical (unpaired) electrons. The topological polar surface area (TPSA) is 66.3 Å². The summed E-state index contributed by atoms with van der Waals surface area (Å²) in [6.45, 7) is 3.67. The predicted octanol–water partition coefficient (Wildman–Crippen LogP) is 3.33. The highest BCUT2D eigenvalue weighted by molar-refractivity contribution is 6.30. The van der Waals surface area contributed by atoms with Crippen LogP contribution in [0.2, 0.25) is 5.02 Å². The van der Waals surface area contributed by atoms with Crippen LogP contribution in [0.3, 0.4) is 0 Å². The third kappa shape index (κ3) is 3.31. The summed E-state index contributed by atoms with van der Waals surface area (Å²) in [4.78, 5) is 21.3. The molecule has 0 aliphatic carbocycles. The molecule has 1 N–H and O–H groups in total. The zero-order chi connectivity index (χ0) is 15.6. The van der Waals surface area contributed by atoms with Crippen LogP contribution in [0.1, 0.15) is 34.6 Å². The molecule has 1 aromatic heterocycles. The average molecular weight is 306 g/mol. The monoisotopic (exact) mass is 305 g/mol. The van der Waals surface area contributed by atoms with Gasteiger partial charge in [-0.15, -0.1) is 0 Å². The van der Waals surface area contributed by atoms with E-state index in [2.05, 4.69) is 9.97 Å². The summed E-state index contributed by atoms with van der Waals surface area (Å²) < 4.78 is 0. The van der Waals surface area contributed by atoms with Crippen molar-refractivity contribution in [3.8, 4) is 0 Å². The normalized spacial score (nSPS) is 12.0. The molecule has 1 atom stereocenters. The number of benzene rings is 1. The van der Waals surface area contributed by atoms with Crippen LogP contribution in [-0.4, -0.2) is 28.1 Å². The first-order chi connectivity index (χ1) is 9.90. The van der Waals surface area contributed by atoms with Gasteiger partial charge in [0.05, 0.1) is 17.3 Å². The second kappa shape index (κ2) is 6.10. The fourth-order valence-electron chi connectivity index (χ4n) is 2.00. The van der Waals surface area contributed by atoms with Crippen LogP contribution < -0.4 is 4.90 Å². The number of halogens is 1. The lowest BCUT2D eigenvalue weighted by Crippen LogP contribution is -2.24. The quantitative estimate of drug-likeness (QED) is 0.938. The molecule has 0 amide bonds. The van der Waals surface area contributed by atoms with E-state index in [9.17, 15) is 4.79 Å². The van der Waals surface area contributed by atoms with E-state index in [0.717, 1.165) is 5.56 Å². The third-order valence-corrected chi connectivity index (χ3v) is 3.66. The molecule has 0 spiro atoms. The van der Waals surface area contributed by atoms with Crippen molar-refractivity contribution in [2.24, 2.45) is 0 Å². The van der Waals surface area contributed by atoms with Gasteiger partial charge >= 0.3 is 5.97 Å². The lowest BCUT2D eigenvalue weighted by molar-refractivity contribution is 0.0695. The number of hydrogen-bond donors (Lipinski definition) is 1. The van der Waals surface area contributed by atoms with Crippen molar-refractivity contribution in [2.75, 3.05) is 11.9 Å². The second-order valence-corrected chi connectivity index (χ2v) is 5.25. The van der Waals surface area contributed by atoms with Gasteiger partial charge in [-0.05, 0) is 31.5 Å². The zero-order valence-electron chi connectivity index (χ0n) is 12.0. The molecule has 1 aromatic carbocycles. The minimum absolute atomic E-state index is 0.0128. The minimum atomic E-state index is -1.02. The molecular weight excluding hydrogens is 290 g/mol. The number of rotatable bonds is 4. The van der Waals surface area contributed by atoms with Crippen molar-refractivity contribution < 1.29 is 9.90 Å². The Balaban J connectivity index is 2.29. The zero-order valence-corrected chi connectivity index (χ0v) is 12.8. The van der Waals surface area contributed by atoms with Crippen molar-refractivity contribution in [1.29, 1.82) is 0 Å². The van der Waals surface area contributed by atoms with E-state index in [0.29, 0.717) is 16.7 Å². The molecular formula is C15H16ClN3O2. The van der Waals surface area contributed by atoms with Crippen molar-refractivity contribution >= 4 is 23.5 Å². The Morgan fingerprint density at radius 3 is 2.71 bits per heavy atom. The van der Waals surface area contributed by atoms with Crippen LogP contribution in [-0.2, 0) is 0 Å². The van der Waals surface area contributed by atoms with Crippen LogP contribution >= 0.6 is 11.6 Å². The molecule has 0 aliphatic rings. The first-order valence-electron chi connectivity index (χ1n) is 6.45. The largest absolute Gasteiger partial charge is 0.478 e. The molecule has 2 rings (SSSR count). The van der Waals surface area contributed by atoms with Gasteiger partial charge in [-0.1, -0.05) is 23.7 Å². The number of carboxylic acid groups (broad SMARTS) is 1. The van der Waals surface area contributed by atoms with Gasteiger partial charge in [0.25, 0.3) is 0 Å². The van der Waals surface area contributed by atoms with E-state index in [1.165, 1.54) is 6.20 Å². The van der Waals surface area contributed by atoms with Gasteiger partial charge < -0.3 is 10.0 Å². The molecule has 0 bridgehead atoms. The first-order valence-corrected chi connectivity index (χ1v) is 6.83. The van der Waals surface area contributed by atoms with Crippen molar-refractivity contribution in [1.82, 2.24) is 9.97 Å². The van der Waals surface area contributed by atoms with E-state index in [-0.39, 0.29) is 11.6 Å². The highest BCUT2D eigenvalue weighted by Crippen LogP contribution is 2.25. The Hall–Kier alpha value is -2.14. The van der Waals surface area contributed by atoms with E-state index in [1.54, 1.807) is 6.92 Å². The maximum atomic E-state index is 11.0. The van der Waals surface area contributed by atoms with Crippen LogP contribution in [0.15, 0.2) is 30.5 Å². The molecule has 0 saturated carbocycles. The van der Waals surface area contributed by atoms with Gasteiger partial charge in [0, 0.05) is 18.3 Å². The Morgan fingerprint density at radius 2 is 2.14 bits per heavy atom. The molecule has 0 fully saturated rings.